The van der Waals surface area contributed by atoms with Crippen molar-refractivity contribution in [2.45, 2.75) is 6.92 Å². The average molecular weight is 183 g/mol. The smallest absolute Gasteiger partial charge is 0.161 e. The molecule has 0 unspecified atom stereocenters. The molecular weight excluding hydrogens is 174 g/mol. The van der Waals surface area contributed by atoms with Gasteiger partial charge >= 0.3 is 0 Å². The Morgan fingerprint density at radius 3 is 1.23 bits per heavy atom. The normalized spacial score (nSPS) is 8.00. The molecule has 0 aliphatic carbocycles. The lowest BCUT2D eigenvalue weighted by Gasteiger charge is -1.99. The van der Waals surface area contributed by atoms with E-state index in [1.165, 1.54) is 6.92 Å². The lowest BCUT2D eigenvalue weighted by molar-refractivity contribution is 0.373. The maximum atomic E-state index is 8.70. The standard InChI is InChI=1S/C6H6O4.C2H3N/c7-3-1-4(8)6(10)2-5(3)9;1-2-3/h1-2,7-10H;1H3. The lowest BCUT2D eigenvalue weighted by Crippen LogP contribution is -1.70. The van der Waals surface area contributed by atoms with Crippen LogP contribution < -0.4 is 0 Å². The zero-order chi connectivity index (χ0) is 10.4. The fourth-order valence-corrected chi connectivity index (χ4v) is 0.555. The van der Waals surface area contributed by atoms with Crippen molar-refractivity contribution in [2.24, 2.45) is 0 Å². The largest absolute Gasteiger partial charge is 0.504 e. The molecule has 0 aromatic heterocycles. The summed E-state index contributed by atoms with van der Waals surface area (Å²) in [4.78, 5) is 0. The van der Waals surface area contributed by atoms with Crippen LogP contribution in [-0.2, 0) is 0 Å². The van der Waals surface area contributed by atoms with Gasteiger partial charge in [-0.15, -0.1) is 0 Å². The second kappa shape index (κ2) is 4.72. The first-order valence-corrected chi connectivity index (χ1v) is 3.27. The Bertz CT molecular complexity index is 279. The summed E-state index contributed by atoms with van der Waals surface area (Å²) >= 11 is 0. The molecule has 0 atom stereocenters. The molecule has 5 heteroatoms. The van der Waals surface area contributed by atoms with Crippen LogP contribution >= 0.6 is 0 Å². The number of benzene rings is 1. The molecular formula is C8H9NO4. The Morgan fingerprint density at radius 1 is 0.923 bits per heavy atom. The molecule has 13 heavy (non-hydrogen) atoms. The first-order chi connectivity index (χ1) is 6.02. The van der Waals surface area contributed by atoms with Crippen LogP contribution in [0.15, 0.2) is 12.1 Å². The van der Waals surface area contributed by atoms with Gasteiger partial charge in [0.05, 0.1) is 6.07 Å². The molecule has 0 spiro atoms. The summed E-state index contributed by atoms with van der Waals surface area (Å²) in [6, 6.07) is 3.45. The lowest BCUT2D eigenvalue weighted by atomic mass is 10.3. The Morgan fingerprint density at radius 2 is 1.08 bits per heavy atom. The third-order valence-corrected chi connectivity index (χ3v) is 1.07. The molecule has 0 radical (unpaired) electrons. The highest BCUT2D eigenvalue weighted by atomic mass is 16.3. The van der Waals surface area contributed by atoms with Gasteiger partial charge in [-0.3, -0.25) is 0 Å². The quantitative estimate of drug-likeness (QED) is 0.355. The van der Waals surface area contributed by atoms with Crippen LogP contribution in [0.2, 0.25) is 0 Å². The van der Waals surface area contributed by atoms with Crippen molar-refractivity contribution in [1.82, 2.24) is 0 Å². The van der Waals surface area contributed by atoms with Gasteiger partial charge in [-0.1, -0.05) is 0 Å². The third-order valence-electron chi connectivity index (χ3n) is 1.07. The van der Waals surface area contributed by atoms with Crippen molar-refractivity contribution >= 4 is 0 Å². The first kappa shape index (κ1) is 10.9. The fourth-order valence-electron chi connectivity index (χ4n) is 0.555. The highest BCUT2D eigenvalue weighted by Crippen LogP contribution is 2.35. The minimum atomic E-state index is -0.463. The number of aromatic hydroxyl groups is 4. The Hall–Kier alpha value is -2.09. The van der Waals surface area contributed by atoms with E-state index in [1.807, 2.05) is 0 Å². The monoisotopic (exact) mass is 183 g/mol. The predicted octanol–water partition coefficient (Wildman–Crippen LogP) is 1.04. The molecule has 0 aliphatic rings. The molecule has 70 valence electrons. The van der Waals surface area contributed by atoms with Gasteiger partial charge in [0.1, 0.15) is 0 Å². The van der Waals surface area contributed by atoms with Crippen LogP contribution in [0, 0.1) is 11.3 Å². The van der Waals surface area contributed by atoms with Gasteiger partial charge in [0, 0.05) is 19.1 Å². The molecule has 1 aromatic rings. The van der Waals surface area contributed by atoms with E-state index in [0.29, 0.717) is 0 Å². The highest BCUT2D eigenvalue weighted by Gasteiger charge is 2.04. The van der Waals surface area contributed by atoms with Crippen molar-refractivity contribution in [1.29, 1.82) is 5.26 Å². The van der Waals surface area contributed by atoms with Crippen molar-refractivity contribution in [3.8, 4) is 29.1 Å². The number of phenolic OH excluding ortho intramolecular Hbond substituents is 4. The summed E-state index contributed by atoms with van der Waals surface area (Å²) in [6.45, 7) is 1.43. The number of nitrogens with zero attached hydrogens (tertiary/aromatic N) is 1. The van der Waals surface area contributed by atoms with E-state index in [9.17, 15) is 0 Å². The van der Waals surface area contributed by atoms with Crippen LogP contribution in [0.5, 0.6) is 23.0 Å². The number of hydrogen-bond acceptors (Lipinski definition) is 5. The van der Waals surface area contributed by atoms with E-state index in [4.69, 9.17) is 25.7 Å². The predicted molar refractivity (Wildman–Crippen MR) is 44.4 cm³/mol. The molecule has 4 N–H and O–H groups in total. The first-order valence-electron chi connectivity index (χ1n) is 3.27. The van der Waals surface area contributed by atoms with Crippen molar-refractivity contribution in [3.05, 3.63) is 12.1 Å². The summed E-state index contributed by atoms with van der Waals surface area (Å²) < 4.78 is 0. The number of hydrogen-bond donors (Lipinski definition) is 4. The molecule has 0 fully saturated rings. The van der Waals surface area contributed by atoms with Gasteiger partial charge in [0.25, 0.3) is 0 Å². The average Bonchev–Trinajstić information content (AvgIpc) is 2.03. The number of phenols is 4. The summed E-state index contributed by atoms with van der Waals surface area (Å²) in [5, 5.41) is 42.1. The summed E-state index contributed by atoms with van der Waals surface area (Å²) in [5.41, 5.74) is 0. The zero-order valence-corrected chi connectivity index (χ0v) is 6.89. The van der Waals surface area contributed by atoms with Gasteiger partial charge in [-0.2, -0.15) is 5.26 Å². The Labute approximate surface area is 74.7 Å². The molecule has 1 rings (SSSR count). The van der Waals surface area contributed by atoms with Gasteiger partial charge in [0.2, 0.25) is 0 Å². The summed E-state index contributed by atoms with van der Waals surface area (Å²) in [7, 11) is 0. The van der Waals surface area contributed by atoms with E-state index >= 15 is 0 Å². The van der Waals surface area contributed by atoms with Gasteiger partial charge < -0.3 is 20.4 Å². The number of nitriles is 1. The van der Waals surface area contributed by atoms with Crippen molar-refractivity contribution in [3.63, 3.8) is 0 Å². The van der Waals surface area contributed by atoms with E-state index in [-0.39, 0.29) is 0 Å². The van der Waals surface area contributed by atoms with Crippen molar-refractivity contribution in [2.75, 3.05) is 0 Å². The van der Waals surface area contributed by atoms with E-state index in [1.54, 1.807) is 6.07 Å². The molecule has 0 amide bonds. The summed E-state index contributed by atoms with van der Waals surface area (Å²) in [6.07, 6.45) is 0. The zero-order valence-electron chi connectivity index (χ0n) is 6.89. The van der Waals surface area contributed by atoms with E-state index in [2.05, 4.69) is 0 Å². The van der Waals surface area contributed by atoms with Crippen molar-refractivity contribution < 1.29 is 20.4 Å². The molecule has 0 bridgehead atoms. The van der Waals surface area contributed by atoms with E-state index < -0.39 is 23.0 Å². The van der Waals surface area contributed by atoms with E-state index in [0.717, 1.165) is 12.1 Å². The molecule has 5 nitrogen and oxygen atoms in total. The maximum absolute atomic E-state index is 8.70. The molecule has 0 aliphatic heterocycles. The minimum absolute atomic E-state index is 0.463. The van der Waals surface area contributed by atoms with Gasteiger partial charge in [-0.25, -0.2) is 0 Å². The van der Waals surface area contributed by atoms with Crippen LogP contribution in [0.25, 0.3) is 0 Å². The third kappa shape index (κ3) is 3.20. The van der Waals surface area contributed by atoms with Crippen LogP contribution in [-0.4, -0.2) is 20.4 Å². The SMILES string of the molecule is CC#N.Oc1cc(O)c(O)cc1O. The van der Waals surface area contributed by atoms with Crippen LogP contribution in [0.3, 0.4) is 0 Å². The maximum Gasteiger partial charge on any atom is 0.161 e. The Balaban J connectivity index is 0.000000424. The Kier molecular flexibility index (Phi) is 3.96. The highest BCUT2D eigenvalue weighted by molar-refractivity contribution is 5.51. The minimum Gasteiger partial charge on any atom is -0.504 e. The van der Waals surface area contributed by atoms with Crippen LogP contribution in [0.1, 0.15) is 6.92 Å². The second-order valence-electron chi connectivity index (χ2n) is 2.05. The fraction of sp³-hybridized carbons (Fsp3) is 0.125. The molecule has 1 aromatic carbocycles. The number of rotatable bonds is 0. The summed E-state index contributed by atoms with van der Waals surface area (Å²) in [5.74, 6) is -1.85. The topological polar surface area (TPSA) is 105 Å². The van der Waals surface area contributed by atoms with Crippen LogP contribution in [0.4, 0.5) is 0 Å². The second-order valence-corrected chi connectivity index (χ2v) is 2.05. The molecule has 0 saturated carbocycles. The molecule has 0 saturated heterocycles. The van der Waals surface area contributed by atoms with Gasteiger partial charge in [0.15, 0.2) is 23.0 Å². The molecule has 0 heterocycles. The van der Waals surface area contributed by atoms with Gasteiger partial charge in [-0.05, 0) is 0 Å².